The molecule has 0 aromatic carbocycles. The van der Waals surface area contributed by atoms with E-state index in [0.717, 1.165) is 24.6 Å². The molecule has 1 rings (SSSR count). The summed E-state index contributed by atoms with van der Waals surface area (Å²) in [6, 6.07) is 0. The monoisotopic (exact) mass is 274 g/mol. The van der Waals surface area contributed by atoms with Gasteiger partial charge in [0.1, 0.15) is 6.61 Å². The molecule has 0 heterocycles. The predicted octanol–water partition coefficient (Wildman–Crippen LogP) is 3.52. The number of hydrogen-bond donors (Lipinski definition) is 0. The largest absolute Gasteiger partial charge is 0.411 e. The zero-order chi connectivity index (χ0) is 10.7. The van der Waals surface area contributed by atoms with Crippen LogP contribution in [0.3, 0.4) is 0 Å². The molecule has 0 N–H and O–H groups in total. The maximum atomic E-state index is 11.7. The molecule has 0 bridgehead atoms. The number of rotatable bonds is 5. The first-order valence-corrected chi connectivity index (χ1v) is 5.80. The van der Waals surface area contributed by atoms with Crippen LogP contribution < -0.4 is 0 Å². The summed E-state index contributed by atoms with van der Waals surface area (Å²) in [5.41, 5.74) is 0.214. The van der Waals surface area contributed by atoms with Crippen LogP contribution in [0.2, 0.25) is 0 Å². The highest BCUT2D eigenvalue weighted by atomic mass is 79.9. The minimum atomic E-state index is -4.19. The standard InChI is InChI=1S/C9H14BrF3O/c10-6-8(2-1-3-8)4-5-14-7-9(11,12)13/h1-7H2. The van der Waals surface area contributed by atoms with E-state index in [1.807, 2.05) is 0 Å². The highest BCUT2D eigenvalue weighted by Crippen LogP contribution is 2.45. The van der Waals surface area contributed by atoms with Gasteiger partial charge >= 0.3 is 6.18 Å². The zero-order valence-corrected chi connectivity index (χ0v) is 9.46. The summed E-state index contributed by atoms with van der Waals surface area (Å²) in [5, 5.41) is 0.870. The maximum absolute atomic E-state index is 11.7. The van der Waals surface area contributed by atoms with Gasteiger partial charge in [-0.15, -0.1) is 0 Å². The highest BCUT2D eigenvalue weighted by molar-refractivity contribution is 9.09. The van der Waals surface area contributed by atoms with Crippen LogP contribution >= 0.6 is 15.9 Å². The van der Waals surface area contributed by atoms with Crippen LogP contribution in [0.25, 0.3) is 0 Å². The molecule has 0 aromatic heterocycles. The van der Waals surface area contributed by atoms with Gasteiger partial charge in [-0.25, -0.2) is 0 Å². The van der Waals surface area contributed by atoms with E-state index < -0.39 is 12.8 Å². The SMILES string of the molecule is FC(F)(F)COCCC1(CBr)CCC1. The first kappa shape index (κ1) is 12.3. The Labute approximate surface area is 90.1 Å². The van der Waals surface area contributed by atoms with Crippen LogP contribution in [0.4, 0.5) is 13.2 Å². The lowest BCUT2D eigenvalue weighted by molar-refractivity contribution is -0.175. The number of halogens is 4. The van der Waals surface area contributed by atoms with Crippen molar-refractivity contribution < 1.29 is 17.9 Å². The molecule has 0 aromatic rings. The van der Waals surface area contributed by atoms with E-state index in [-0.39, 0.29) is 12.0 Å². The Hall–Kier alpha value is 0.230. The molecule has 0 aliphatic heterocycles. The van der Waals surface area contributed by atoms with E-state index in [1.54, 1.807) is 0 Å². The van der Waals surface area contributed by atoms with Gasteiger partial charge in [0.15, 0.2) is 0 Å². The quantitative estimate of drug-likeness (QED) is 0.551. The van der Waals surface area contributed by atoms with Gasteiger partial charge in [-0.1, -0.05) is 22.4 Å². The fraction of sp³-hybridized carbons (Fsp3) is 1.00. The molecule has 1 nitrogen and oxygen atoms in total. The Balaban J connectivity index is 2.09. The van der Waals surface area contributed by atoms with Crippen LogP contribution in [0, 0.1) is 5.41 Å². The van der Waals surface area contributed by atoms with E-state index in [4.69, 9.17) is 0 Å². The van der Waals surface area contributed by atoms with Crippen LogP contribution in [0.5, 0.6) is 0 Å². The van der Waals surface area contributed by atoms with Crippen molar-refractivity contribution in [3.05, 3.63) is 0 Å². The molecular weight excluding hydrogens is 261 g/mol. The molecule has 0 amide bonds. The van der Waals surface area contributed by atoms with E-state index in [0.29, 0.717) is 0 Å². The molecule has 0 atom stereocenters. The third-order valence-electron chi connectivity index (χ3n) is 2.74. The van der Waals surface area contributed by atoms with Gasteiger partial charge in [0.25, 0.3) is 0 Å². The van der Waals surface area contributed by atoms with Crippen molar-refractivity contribution in [1.29, 1.82) is 0 Å². The number of hydrogen-bond acceptors (Lipinski definition) is 1. The molecular formula is C9H14BrF3O. The smallest absolute Gasteiger partial charge is 0.372 e. The molecule has 14 heavy (non-hydrogen) atoms. The Bertz CT molecular complexity index is 172. The lowest BCUT2D eigenvalue weighted by Gasteiger charge is -2.40. The van der Waals surface area contributed by atoms with Gasteiger partial charge in [-0.3, -0.25) is 0 Å². The number of ether oxygens (including phenoxy) is 1. The summed E-state index contributed by atoms with van der Waals surface area (Å²) in [5.74, 6) is 0. The molecule has 0 radical (unpaired) electrons. The molecule has 84 valence electrons. The van der Waals surface area contributed by atoms with Crippen molar-refractivity contribution in [1.82, 2.24) is 0 Å². The summed E-state index contributed by atoms with van der Waals surface area (Å²) in [6.45, 7) is -0.906. The average molecular weight is 275 g/mol. The fourth-order valence-corrected chi connectivity index (χ4v) is 2.44. The Morgan fingerprint density at radius 1 is 1.29 bits per heavy atom. The minimum Gasteiger partial charge on any atom is -0.372 e. The van der Waals surface area contributed by atoms with Crippen LogP contribution in [0.1, 0.15) is 25.7 Å². The Morgan fingerprint density at radius 2 is 1.93 bits per heavy atom. The molecule has 0 saturated heterocycles. The van der Waals surface area contributed by atoms with Crippen LogP contribution in [0.15, 0.2) is 0 Å². The zero-order valence-electron chi connectivity index (χ0n) is 7.87. The second kappa shape index (κ2) is 4.84. The lowest BCUT2D eigenvalue weighted by atomic mass is 9.68. The first-order valence-electron chi connectivity index (χ1n) is 4.68. The topological polar surface area (TPSA) is 9.23 Å². The van der Waals surface area contributed by atoms with Crippen LogP contribution in [-0.4, -0.2) is 24.7 Å². The normalized spacial score (nSPS) is 20.6. The minimum absolute atomic E-state index is 0.213. The van der Waals surface area contributed by atoms with Gasteiger partial charge in [0.05, 0.1) is 0 Å². The van der Waals surface area contributed by atoms with Gasteiger partial charge < -0.3 is 4.74 Å². The molecule has 5 heteroatoms. The van der Waals surface area contributed by atoms with Crippen molar-refractivity contribution >= 4 is 15.9 Å². The van der Waals surface area contributed by atoms with Gasteiger partial charge in [-0.05, 0) is 24.7 Å². The molecule has 0 spiro atoms. The predicted molar refractivity (Wildman–Crippen MR) is 51.6 cm³/mol. The van der Waals surface area contributed by atoms with E-state index >= 15 is 0 Å². The van der Waals surface area contributed by atoms with E-state index in [1.165, 1.54) is 6.42 Å². The average Bonchev–Trinajstić information content (AvgIpc) is 2.00. The van der Waals surface area contributed by atoms with Gasteiger partial charge in [0, 0.05) is 11.9 Å². The van der Waals surface area contributed by atoms with Crippen molar-refractivity contribution in [3.8, 4) is 0 Å². The van der Waals surface area contributed by atoms with E-state index in [2.05, 4.69) is 20.7 Å². The van der Waals surface area contributed by atoms with Gasteiger partial charge in [-0.2, -0.15) is 13.2 Å². The third kappa shape index (κ3) is 3.77. The molecule has 1 saturated carbocycles. The Morgan fingerprint density at radius 3 is 2.29 bits per heavy atom. The second-order valence-corrected chi connectivity index (χ2v) is 4.47. The summed E-state index contributed by atoms with van der Waals surface area (Å²) < 4.78 is 39.7. The lowest BCUT2D eigenvalue weighted by Crippen LogP contribution is -2.32. The van der Waals surface area contributed by atoms with E-state index in [9.17, 15) is 13.2 Å². The molecule has 0 unspecified atom stereocenters. The van der Waals surface area contributed by atoms with Crippen molar-refractivity contribution in [2.75, 3.05) is 18.5 Å². The summed E-state index contributed by atoms with van der Waals surface area (Å²) in [4.78, 5) is 0. The number of alkyl halides is 4. The van der Waals surface area contributed by atoms with Gasteiger partial charge in [0.2, 0.25) is 0 Å². The van der Waals surface area contributed by atoms with Crippen LogP contribution in [-0.2, 0) is 4.74 Å². The summed E-state index contributed by atoms with van der Waals surface area (Å²) in [7, 11) is 0. The molecule has 1 aliphatic carbocycles. The van der Waals surface area contributed by atoms with Crippen molar-refractivity contribution in [2.24, 2.45) is 5.41 Å². The highest BCUT2D eigenvalue weighted by Gasteiger charge is 2.35. The summed E-state index contributed by atoms with van der Waals surface area (Å²) in [6.07, 6.45) is -0.0678. The molecule has 1 aliphatic rings. The third-order valence-corrected chi connectivity index (χ3v) is 3.93. The second-order valence-electron chi connectivity index (χ2n) is 3.90. The first-order chi connectivity index (χ1) is 6.47. The van der Waals surface area contributed by atoms with Crippen molar-refractivity contribution in [3.63, 3.8) is 0 Å². The summed E-state index contributed by atoms with van der Waals surface area (Å²) >= 11 is 3.40. The molecule has 1 fully saturated rings. The fourth-order valence-electron chi connectivity index (χ4n) is 1.60. The Kier molecular flexibility index (Phi) is 4.25. The maximum Gasteiger partial charge on any atom is 0.411 e. The van der Waals surface area contributed by atoms with Crippen molar-refractivity contribution in [2.45, 2.75) is 31.9 Å².